The summed E-state index contributed by atoms with van der Waals surface area (Å²) in [6.45, 7) is 1.89. The van der Waals surface area contributed by atoms with Gasteiger partial charge in [-0.25, -0.2) is 15.0 Å². The van der Waals surface area contributed by atoms with E-state index in [1.807, 2.05) is 0 Å². The number of nitrogens with zero attached hydrogens (tertiary/aromatic N) is 5. The quantitative estimate of drug-likeness (QED) is 0.631. The van der Waals surface area contributed by atoms with Crippen molar-refractivity contribution in [2.45, 2.75) is 61.3 Å². The average Bonchev–Trinajstić information content (AvgIpc) is 3.41. The zero-order chi connectivity index (χ0) is 23.3. The molecule has 2 aliphatic heterocycles. The van der Waals surface area contributed by atoms with Crippen molar-refractivity contribution in [3.05, 3.63) is 29.5 Å². The lowest BCUT2D eigenvalue weighted by atomic mass is 9.77. The second-order valence-corrected chi connectivity index (χ2v) is 11.8. The van der Waals surface area contributed by atoms with Gasteiger partial charge in [-0.1, -0.05) is 5.92 Å². The number of hydrogen-bond acceptors (Lipinski definition) is 8. The molecule has 6 rings (SSSR count). The molecule has 2 aliphatic carbocycles. The van der Waals surface area contributed by atoms with Crippen LogP contribution in [0.5, 0.6) is 0 Å². The molecular formula is C25H30N6O2S. The fourth-order valence-corrected chi connectivity index (χ4v) is 7.40. The molecule has 4 heterocycles. The summed E-state index contributed by atoms with van der Waals surface area (Å²) in [5.74, 6) is 7.01. The normalized spacial score (nSPS) is 29.1. The molecule has 4 aliphatic rings. The van der Waals surface area contributed by atoms with E-state index in [9.17, 15) is 9.32 Å². The van der Waals surface area contributed by atoms with Crippen molar-refractivity contribution in [2.24, 2.45) is 11.8 Å². The minimum Gasteiger partial charge on any atom is -0.394 e. The van der Waals surface area contributed by atoms with Gasteiger partial charge in [-0.2, -0.15) is 4.98 Å². The highest BCUT2D eigenvalue weighted by molar-refractivity contribution is 7.85. The summed E-state index contributed by atoms with van der Waals surface area (Å²) < 4.78 is 12.9. The third-order valence-electron chi connectivity index (χ3n) is 8.13. The number of nitrogens with one attached hydrogen (secondary N) is 1. The van der Waals surface area contributed by atoms with Gasteiger partial charge in [-0.15, -0.1) is 6.42 Å². The number of aliphatic hydroxyl groups excluding tert-OH is 1. The van der Waals surface area contributed by atoms with E-state index in [0.717, 1.165) is 80.4 Å². The van der Waals surface area contributed by atoms with Crippen molar-refractivity contribution in [1.29, 1.82) is 0 Å². The van der Waals surface area contributed by atoms with Crippen molar-refractivity contribution in [3.63, 3.8) is 0 Å². The maximum atomic E-state index is 12.9. The van der Waals surface area contributed by atoms with Crippen molar-refractivity contribution in [2.75, 3.05) is 35.7 Å². The van der Waals surface area contributed by atoms with E-state index in [1.54, 1.807) is 12.4 Å². The smallest absolute Gasteiger partial charge is 0.227 e. The summed E-state index contributed by atoms with van der Waals surface area (Å²) in [6.07, 6.45) is 15.6. The molecule has 0 amide bonds. The first kappa shape index (κ1) is 21.9. The van der Waals surface area contributed by atoms with Gasteiger partial charge in [-0.3, -0.25) is 4.21 Å². The van der Waals surface area contributed by atoms with E-state index in [0.29, 0.717) is 34.9 Å². The van der Waals surface area contributed by atoms with Crippen LogP contribution in [0.15, 0.2) is 17.3 Å². The molecule has 8 nitrogen and oxygen atoms in total. The van der Waals surface area contributed by atoms with E-state index in [-0.39, 0.29) is 12.1 Å². The Morgan fingerprint density at radius 1 is 1.18 bits per heavy atom. The molecule has 2 unspecified atom stereocenters. The van der Waals surface area contributed by atoms with Crippen LogP contribution in [0.2, 0.25) is 0 Å². The predicted octanol–water partition coefficient (Wildman–Crippen LogP) is 2.26. The van der Waals surface area contributed by atoms with Crippen LogP contribution in [0.25, 0.3) is 0 Å². The summed E-state index contributed by atoms with van der Waals surface area (Å²) in [6, 6.07) is 0. The SMILES string of the molecule is C#Cc1cnc(C2CC3CN(c4nc5c(c(NC6(CO)CCC6)n4)[S@](=O)CCC5)CC3C2)nc1. The maximum absolute atomic E-state index is 12.9. The standard InChI is InChI=1S/C25H30N6O2S/c1-2-16-11-26-22(27-12-16)17-9-18-13-31(14-19(18)10-17)24-28-20-5-3-8-34(33)21(20)23(29-24)30-25(15-32)6-4-7-25/h1,11-12,17-19,32H,3-10,13-15H2,(H,28,29,30)/t17?,18?,19?,34-/m1/s1. The van der Waals surface area contributed by atoms with E-state index >= 15 is 0 Å². The number of aryl methyl sites for hydroxylation is 1. The lowest BCUT2D eigenvalue weighted by Crippen LogP contribution is -2.49. The van der Waals surface area contributed by atoms with Gasteiger partial charge in [0.15, 0.2) is 0 Å². The molecule has 2 saturated carbocycles. The third-order valence-corrected chi connectivity index (χ3v) is 9.67. The van der Waals surface area contributed by atoms with Gasteiger partial charge in [0, 0.05) is 37.2 Å². The highest BCUT2D eigenvalue weighted by Gasteiger charge is 2.44. The Bertz CT molecular complexity index is 1140. The number of aromatic nitrogens is 4. The fourth-order valence-electron chi connectivity index (χ4n) is 6.07. The molecule has 1 saturated heterocycles. The van der Waals surface area contributed by atoms with Crippen molar-refractivity contribution in [1.82, 2.24) is 19.9 Å². The molecule has 3 fully saturated rings. The van der Waals surface area contributed by atoms with E-state index < -0.39 is 10.8 Å². The van der Waals surface area contributed by atoms with Gasteiger partial charge in [0.25, 0.3) is 0 Å². The van der Waals surface area contributed by atoms with Crippen LogP contribution in [0, 0.1) is 24.2 Å². The molecule has 9 heteroatoms. The molecule has 3 atom stereocenters. The van der Waals surface area contributed by atoms with Gasteiger partial charge in [0.2, 0.25) is 5.95 Å². The van der Waals surface area contributed by atoms with Crippen LogP contribution >= 0.6 is 0 Å². The number of terminal acetylenes is 1. The molecule has 34 heavy (non-hydrogen) atoms. The molecule has 178 valence electrons. The maximum Gasteiger partial charge on any atom is 0.227 e. The second-order valence-electron chi connectivity index (χ2n) is 10.3. The Morgan fingerprint density at radius 2 is 1.91 bits per heavy atom. The Morgan fingerprint density at radius 3 is 2.53 bits per heavy atom. The molecule has 0 spiro atoms. The first-order chi connectivity index (χ1) is 16.6. The number of rotatable bonds is 5. The van der Waals surface area contributed by atoms with E-state index in [1.165, 1.54) is 0 Å². The Kier molecular flexibility index (Phi) is 5.53. The largest absolute Gasteiger partial charge is 0.394 e. The summed E-state index contributed by atoms with van der Waals surface area (Å²) in [5.41, 5.74) is 1.28. The summed E-state index contributed by atoms with van der Waals surface area (Å²) >= 11 is 0. The van der Waals surface area contributed by atoms with Gasteiger partial charge < -0.3 is 15.3 Å². The molecule has 0 aromatic carbocycles. The minimum absolute atomic E-state index is 0.0629. The molecule has 2 N–H and O–H groups in total. The van der Waals surface area contributed by atoms with Gasteiger partial charge in [0.05, 0.1) is 34.2 Å². The van der Waals surface area contributed by atoms with E-state index in [2.05, 4.69) is 26.1 Å². The summed E-state index contributed by atoms with van der Waals surface area (Å²) in [4.78, 5) is 21.9. The zero-order valence-electron chi connectivity index (χ0n) is 19.2. The predicted molar refractivity (Wildman–Crippen MR) is 130 cm³/mol. The summed E-state index contributed by atoms with van der Waals surface area (Å²) in [7, 11) is -1.10. The van der Waals surface area contributed by atoms with Crippen LogP contribution in [0.4, 0.5) is 11.8 Å². The lowest BCUT2D eigenvalue weighted by Gasteiger charge is -2.42. The monoisotopic (exact) mass is 478 g/mol. The number of anilines is 2. The van der Waals surface area contributed by atoms with Crippen LogP contribution < -0.4 is 10.2 Å². The molecule has 0 radical (unpaired) electrons. The molecular weight excluding hydrogens is 448 g/mol. The topological polar surface area (TPSA) is 104 Å². The highest BCUT2D eigenvalue weighted by atomic mass is 32.2. The van der Waals surface area contributed by atoms with Crippen LogP contribution in [0.1, 0.15) is 61.5 Å². The van der Waals surface area contributed by atoms with Crippen LogP contribution in [-0.4, -0.2) is 60.2 Å². The lowest BCUT2D eigenvalue weighted by molar-refractivity contribution is 0.143. The number of fused-ring (bicyclic) bond motifs is 2. The molecule has 2 aromatic heterocycles. The van der Waals surface area contributed by atoms with Crippen molar-refractivity contribution in [3.8, 4) is 12.3 Å². The second kappa shape index (κ2) is 8.58. The van der Waals surface area contributed by atoms with Crippen LogP contribution in [-0.2, 0) is 17.2 Å². The Labute approximate surface area is 202 Å². The first-order valence-electron chi connectivity index (χ1n) is 12.3. The van der Waals surface area contributed by atoms with Gasteiger partial charge >= 0.3 is 0 Å². The minimum atomic E-state index is -1.10. The Balaban J connectivity index is 1.22. The first-order valence-corrected chi connectivity index (χ1v) is 13.6. The van der Waals surface area contributed by atoms with Crippen molar-refractivity contribution < 1.29 is 9.32 Å². The number of aliphatic hydroxyl groups is 1. The van der Waals surface area contributed by atoms with Crippen molar-refractivity contribution >= 4 is 22.6 Å². The average molecular weight is 479 g/mol. The summed E-state index contributed by atoms with van der Waals surface area (Å²) in [5, 5.41) is 13.5. The van der Waals surface area contributed by atoms with Crippen LogP contribution in [0.3, 0.4) is 0 Å². The number of hydrogen-bond donors (Lipinski definition) is 2. The fraction of sp³-hybridized carbons (Fsp3) is 0.600. The van der Waals surface area contributed by atoms with E-state index in [4.69, 9.17) is 16.4 Å². The molecule has 2 aromatic rings. The van der Waals surface area contributed by atoms with Gasteiger partial charge in [0.1, 0.15) is 16.5 Å². The third kappa shape index (κ3) is 3.77. The zero-order valence-corrected chi connectivity index (χ0v) is 20.1. The Hall–Kier alpha value is -2.57. The van der Waals surface area contributed by atoms with Gasteiger partial charge in [-0.05, 0) is 56.8 Å². The molecule has 0 bridgehead atoms. The highest BCUT2D eigenvalue weighted by Crippen LogP contribution is 2.46.